The van der Waals surface area contributed by atoms with E-state index in [2.05, 4.69) is 4.98 Å². The van der Waals surface area contributed by atoms with E-state index in [4.69, 9.17) is 20.3 Å². The Morgan fingerprint density at radius 2 is 2.17 bits per heavy atom. The van der Waals surface area contributed by atoms with Crippen LogP contribution in [0.1, 0.15) is 12.0 Å². The molecule has 11 heteroatoms. The molecule has 4 N–H and O–H groups in total. The number of hydrogen-bond acceptors (Lipinski definition) is 7. The van der Waals surface area contributed by atoms with E-state index in [1.807, 2.05) is 0 Å². The predicted octanol–water partition coefficient (Wildman–Crippen LogP) is -4.14. The third kappa shape index (κ3) is 5.08. The van der Waals surface area contributed by atoms with Gasteiger partial charge in [-0.05, 0) is 6.42 Å². The highest BCUT2D eigenvalue weighted by Gasteiger charge is 2.32. The molecule has 1 rings (SSSR count). The highest BCUT2D eigenvalue weighted by atomic mass is 16.6. The number of carbonyl (C=O) groups excluding carboxylic acids is 1. The van der Waals surface area contributed by atoms with E-state index in [0.29, 0.717) is 6.42 Å². The molecule has 1 heterocycles. The molecular formula is C12H21B2N3O6. The molecule has 0 aliphatic carbocycles. The van der Waals surface area contributed by atoms with Crippen LogP contribution in [0, 0.1) is 0 Å². The summed E-state index contributed by atoms with van der Waals surface area (Å²) in [5, 5.41) is 8.15. The molecule has 0 radical (unpaired) electrons. The standard InChI is InChI=1S/C12H21B2N3O6/c1-22-8(12(13,14)23-9(19)4-15)2-3-17-5-7(6-18)10(20)16-11(17)21/h5,8,18H,2-4,6,13-15H2,1H3,(H,16,20,21). The minimum absolute atomic E-state index is 0.0902. The van der Waals surface area contributed by atoms with E-state index in [1.165, 1.54) is 17.9 Å². The van der Waals surface area contributed by atoms with E-state index >= 15 is 0 Å². The molecular weight excluding hydrogens is 304 g/mol. The van der Waals surface area contributed by atoms with Gasteiger partial charge < -0.3 is 24.9 Å². The first kappa shape index (κ1) is 19.2. The Balaban J connectivity index is 2.88. The Morgan fingerprint density at radius 1 is 1.52 bits per heavy atom. The third-order valence-corrected chi connectivity index (χ3v) is 3.49. The topological polar surface area (TPSA) is 137 Å². The van der Waals surface area contributed by atoms with E-state index in [-0.39, 0.29) is 18.7 Å². The Morgan fingerprint density at radius 3 is 2.70 bits per heavy atom. The number of H-pyrrole nitrogens is 1. The van der Waals surface area contributed by atoms with Crippen molar-refractivity contribution in [2.45, 2.75) is 31.1 Å². The highest BCUT2D eigenvalue weighted by molar-refractivity contribution is 6.40. The number of esters is 1. The Hall–Kier alpha value is -1.84. The number of methoxy groups -OCH3 is 1. The molecule has 0 saturated heterocycles. The molecule has 1 unspecified atom stereocenters. The molecule has 1 aromatic rings. The summed E-state index contributed by atoms with van der Waals surface area (Å²) in [5.74, 6) is -0.555. The zero-order valence-corrected chi connectivity index (χ0v) is 13.5. The lowest BCUT2D eigenvalue weighted by molar-refractivity contribution is -0.152. The van der Waals surface area contributed by atoms with Crippen LogP contribution in [0.15, 0.2) is 15.8 Å². The van der Waals surface area contributed by atoms with Crippen LogP contribution in [-0.4, -0.2) is 61.5 Å². The summed E-state index contributed by atoms with van der Waals surface area (Å²) < 4.78 is 11.9. The molecule has 0 amide bonds. The van der Waals surface area contributed by atoms with Crippen molar-refractivity contribution in [3.05, 3.63) is 32.6 Å². The largest absolute Gasteiger partial charge is 0.474 e. The second-order valence-electron chi connectivity index (χ2n) is 5.56. The SMILES string of the molecule is BC(B)(OC(=O)CN)C(CCn1cc(CO)c(=O)[nH]c1=O)OC. The summed E-state index contributed by atoms with van der Waals surface area (Å²) >= 11 is 0. The minimum atomic E-state index is -0.934. The fourth-order valence-corrected chi connectivity index (χ4v) is 2.24. The second-order valence-corrected chi connectivity index (χ2v) is 5.56. The van der Waals surface area contributed by atoms with Gasteiger partial charge in [0.15, 0.2) is 15.7 Å². The molecule has 0 bridgehead atoms. The maximum Gasteiger partial charge on any atom is 0.328 e. The molecule has 9 nitrogen and oxygen atoms in total. The Kier molecular flexibility index (Phi) is 6.79. The number of hydrogen-bond donors (Lipinski definition) is 3. The van der Waals surface area contributed by atoms with Crippen LogP contribution < -0.4 is 17.0 Å². The van der Waals surface area contributed by atoms with Gasteiger partial charge in [0.25, 0.3) is 5.56 Å². The maximum absolute atomic E-state index is 11.8. The number of carbonyl (C=O) groups is 1. The average Bonchev–Trinajstić information content (AvgIpc) is 2.48. The number of rotatable bonds is 8. The number of aliphatic hydroxyl groups excluding tert-OH is 1. The summed E-state index contributed by atoms with van der Waals surface area (Å²) in [5.41, 5.74) is 4.12. The lowest BCUT2D eigenvalue weighted by atomic mass is 9.61. The van der Waals surface area contributed by atoms with Crippen LogP contribution in [0.2, 0.25) is 0 Å². The van der Waals surface area contributed by atoms with Crippen LogP contribution >= 0.6 is 0 Å². The number of aromatic nitrogens is 2. The van der Waals surface area contributed by atoms with Crippen molar-refractivity contribution in [3.63, 3.8) is 0 Å². The molecule has 1 aromatic heterocycles. The lowest BCUT2D eigenvalue weighted by Crippen LogP contribution is -2.50. The molecule has 126 valence electrons. The van der Waals surface area contributed by atoms with Crippen molar-refractivity contribution >= 4 is 21.7 Å². The first-order valence-electron chi connectivity index (χ1n) is 7.13. The van der Waals surface area contributed by atoms with Gasteiger partial charge in [-0.15, -0.1) is 0 Å². The Bertz CT molecular complexity index is 657. The number of aliphatic hydroxyl groups is 1. The van der Waals surface area contributed by atoms with Gasteiger partial charge >= 0.3 is 11.7 Å². The number of nitrogens with two attached hydrogens (primary N) is 1. The number of aromatic amines is 1. The molecule has 0 aromatic carbocycles. The van der Waals surface area contributed by atoms with Gasteiger partial charge in [0.2, 0.25) is 0 Å². The van der Waals surface area contributed by atoms with Crippen molar-refractivity contribution in [2.24, 2.45) is 5.73 Å². The predicted molar refractivity (Wildman–Crippen MR) is 87.6 cm³/mol. The van der Waals surface area contributed by atoms with Gasteiger partial charge in [-0.25, -0.2) is 4.79 Å². The van der Waals surface area contributed by atoms with Crippen LogP contribution in [0.25, 0.3) is 0 Å². The summed E-state index contributed by atoms with van der Waals surface area (Å²) in [6.07, 6.45) is 1.15. The highest BCUT2D eigenvalue weighted by Crippen LogP contribution is 2.15. The molecule has 0 saturated carbocycles. The quantitative estimate of drug-likeness (QED) is 0.326. The Labute approximate surface area is 134 Å². The normalized spacial score (nSPS) is 12.8. The molecule has 0 aliphatic rings. The second kappa shape index (κ2) is 8.14. The third-order valence-electron chi connectivity index (χ3n) is 3.49. The number of aryl methyl sites for hydroxylation is 1. The monoisotopic (exact) mass is 325 g/mol. The van der Waals surface area contributed by atoms with Crippen molar-refractivity contribution in [3.8, 4) is 0 Å². The van der Waals surface area contributed by atoms with Gasteiger partial charge in [-0.3, -0.25) is 14.6 Å². The van der Waals surface area contributed by atoms with Crippen LogP contribution in [0.3, 0.4) is 0 Å². The van der Waals surface area contributed by atoms with Crippen LogP contribution in [0.4, 0.5) is 0 Å². The molecule has 0 fully saturated rings. The summed E-state index contributed by atoms with van der Waals surface area (Å²) in [4.78, 5) is 36.7. The lowest BCUT2D eigenvalue weighted by Gasteiger charge is -2.33. The van der Waals surface area contributed by atoms with Gasteiger partial charge in [0.1, 0.15) is 0 Å². The molecule has 1 atom stereocenters. The zero-order chi connectivity index (χ0) is 17.6. The van der Waals surface area contributed by atoms with Gasteiger partial charge in [0, 0.05) is 19.9 Å². The smallest absolute Gasteiger partial charge is 0.328 e. The van der Waals surface area contributed by atoms with Crippen LogP contribution in [0.5, 0.6) is 0 Å². The minimum Gasteiger partial charge on any atom is -0.474 e. The molecule has 0 spiro atoms. The molecule has 23 heavy (non-hydrogen) atoms. The summed E-state index contributed by atoms with van der Waals surface area (Å²) in [6, 6.07) is 0. The fourth-order valence-electron chi connectivity index (χ4n) is 2.24. The number of nitrogens with zero attached hydrogens (tertiary/aromatic N) is 1. The maximum atomic E-state index is 11.8. The van der Waals surface area contributed by atoms with Gasteiger partial charge in [0.05, 0.1) is 30.2 Å². The zero-order valence-electron chi connectivity index (χ0n) is 13.5. The van der Waals surface area contributed by atoms with E-state index in [0.717, 1.165) is 0 Å². The number of nitrogens with one attached hydrogen (secondary N) is 1. The van der Waals surface area contributed by atoms with Crippen LogP contribution in [-0.2, 0) is 27.4 Å². The van der Waals surface area contributed by atoms with Crippen molar-refractivity contribution in [2.75, 3.05) is 13.7 Å². The van der Waals surface area contributed by atoms with Gasteiger partial charge in [-0.1, -0.05) is 0 Å². The van der Waals surface area contributed by atoms with Gasteiger partial charge in [-0.2, -0.15) is 0 Å². The van der Waals surface area contributed by atoms with E-state index < -0.39 is 35.3 Å². The molecule has 0 aliphatic heterocycles. The van der Waals surface area contributed by atoms with Crippen molar-refractivity contribution < 1.29 is 19.4 Å². The average molecular weight is 325 g/mol. The first-order valence-corrected chi connectivity index (χ1v) is 7.13. The van der Waals surface area contributed by atoms with E-state index in [9.17, 15) is 14.4 Å². The van der Waals surface area contributed by atoms with Crippen molar-refractivity contribution in [1.82, 2.24) is 9.55 Å². The fraction of sp³-hybridized carbons (Fsp3) is 0.583. The summed E-state index contributed by atoms with van der Waals surface area (Å²) in [6.45, 7) is -0.493. The summed E-state index contributed by atoms with van der Waals surface area (Å²) in [7, 11) is 4.84. The van der Waals surface area contributed by atoms with E-state index in [1.54, 1.807) is 15.7 Å². The van der Waals surface area contributed by atoms with Crippen molar-refractivity contribution in [1.29, 1.82) is 0 Å². The number of ether oxygens (including phenoxy) is 2. The first-order chi connectivity index (χ1) is 10.7.